The van der Waals surface area contributed by atoms with E-state index >= 15 is 0 Å². The number of fused-ring (bicyclic) bond motifs is 1. The van der Waals surface area contributed by atoms with E-state index in [9.17, 15) is 9.59 Å². The van der Waals surface area contributed by atoms with E-state index in [2.05, 4.69) is 20.6 Å². The number of halogens is 2. The molecule has 5 rings (SSSR count). The van der Waals surface area contributed by atoms with Gasteiger partial charge in [0.15, 0.2) is 5.82 Å². The van der Waals surface area contributed by atoms with Gasteiger partial charge in [-0.3, -0.25) is 14.2 Å². The van der Waals surface area contributed by atoms with E-state index in [-0.39, 0.29) is 16.8 Å². The second-order valence-corrected chi connectivity index (χ2v) is 9.08. The van der Waals surface area contributed by atoms with Gasteiger partial charge < -0.3 is 10.6 Å². The van der Waals surface area contributed by atoms with Crippen LogP contribution in [0.4, 0.5) is 11.5 Å². The summed E-state index contributed by atoms with van der Waals surface area (Å²) < 4.78 is 1.62. The third kappa shape index (κ3) is 5.05. The fourth-order valence-corrected chi connectivity index (χ4v) is 4.52. The summed E-state index contributed by atoms with van der Waals surface area (Å²) in [4.78, 5) is 34.8. The number of aromatic nitrogens is 3. The highest BCUT2D eigenvalue weighted by atomic mass is 35.5. The summed E-state index contributed by atoms with van der Waals surface area (Å²) in [5.74, 6) is -0.00111. The van der Waals surface area contributed by atoms with Crippen molar-refractivity contribution in [1.29, 1.82) is 0 Å². The summed E-state index contributed by atoms with van der Waals surface area (Å²) in [6, 6.07) is 25.0. The predicted molar refractivity (Wildman–Crippen MR) is 148 cm³/mol. The summed E-state index contributed by atoms with van der Waals surface area (Å²) in [5, 5.41) is 7.68. The fourth-order valence-electron chi connectivity index (χ4n) is 4.13. The van der Waals surface area contributed by atoms with Gasteiger partial charge in [-0.2, -0.15) is 4.98 Å². The molecular formula is C28H21Cl2N5O2. The summed E-state index contributed by atoms with van der Waals surface area (Å²) in [6.45, 7) is 1.89. The Kier molecular flexibility index (Phi) is 6.90. The minimum atomic E-state index is -0.436. The molecule has 0 fully saturated rings. The van der Waals surface area contributed by atoms with Crippen LogP contribution in [-0.2, 0) is 0 Å². The molecule has 1 amide bonds. The Morgan fingerprint density at radius 3 is 2.38 bits per heavy atom. The lowest BCUT2D eigenvalue weighted by atomic mass is 10.1. The van der Waals surface area contributed by atoms with Crippen LogP contribution in [0.3, 0.4) is 0 Å². The third-order valence-corrected chi connectivity index (χ3v) is 6.38. The lowest BCUT2D eigenvalue weighted by Gasteiger charge is -2.22. The molecule has 3 aromatic carbocycles. The molecule has 2 N–H and O–H groups in total. The van der Waals surface area contributed by atoms with Crippen molar-refractivity contribution in [3.05, 3.63) is 123 Å². The first-order valence-corrected chi connectivity index (χ1v) is 12.2. The van der Waals surface area contributed by atoms with Crippen LogP contribution in [0, 0.1) is 0 Å². The standard InChI is InChI=1S/C28H21Cl2N5O2/c1-17(32-25-22(16-31-28(30)34-25)33-26(36)18-9-4-2-5-10-18)23-15-19-11-8-14-21(29)24(19)27(37)35(23)20-12-6-3-7-13-20/h2-17H,1H3,(H,33,36)(H,31,32,34)/t17-/m0/s1. The SMILES string of the molecule is C[C@H](Nc1nc(Cl)ncc1NC(=O)c1ccccc1)c1cc2cccc(Cl)c2c(=O)n1-c1ccccc1. The minimum absolute atomic E-state index is 0.0122. The smallest absolute Gasteiger partial charge is 0.264 e. The molecule has 0 saturated carbocycles. The molecule has 1 atom stereocenters. The highest BCUT2D eigenvalue weighted by Crippen LogP contribution is 2.29. The number of benzene rings is 3. The minimum Gasteiger partial charge on any atom is -0.360 e. The van der Waals surface area contributed by atoms with E-state index in [0.29, 0.717) is 44.2 Å². The molecule has 0 spiro atoms. The maximum absolute atomic E-state index is 13.7. The summed E-state index contributed by atoms with van der Waals surface area (Å²) >= 11 is 12.5. The molecule has 7 nitrogen and oxygen atoms in total. The largest absolute Gasteiger partial charge is 0.360 e. The number of amides is 1. The van der Waals surface area contributed by atoms with E-state index in [1.165, 1.54) is 6.20 Å². The van der Waals surface area contributed by atoms with Crippen molar-refractivity contribution in [2.24, 2.45) is 0 Å². The summed E-state index contributed by atoms with van der Waals surface area (Å²) in [5.41, 5.74) is 1.96. The number of hydrogen-bond acceptors (Lipinski definition) is 5. The van der Waals surface area contributed by atoms with Gasteiger partial charge in [0.05, 0.1) is 22.6 Å². The number of carbonyl (C=O) groups excluding carboxylic acids is 1. The Labute approximate surface area is 222 Å². The second-order valence-electron chi connectivity index (χ2n) is 8.34. The Bertz CT molecular complexity index is 1660. The van der Waals surface area contributed by atoms with Gasteiger partial charge in [0.25, 0.3) is 11.5 Å². The number of hydrogen-bond donors (Lipinski definition) is 2. The van der Waals surface area contributed by atoms with Crippen LogP contribution in [0.1, 0.15) is 29.0 Å². The number of carbonyl (C=O) groups is 1. The Balaban J connectivity index is 1.58. The second kappa shape index (κ2) is 10.4. The molecular weight excluding hydrogens is 509 g/mol. The predicted octanol–water partition coefficient (Wildman–Crippen LogP) is 6.51. The monoisotopic (exact) mass is 529 g/mol. The van der Waals surface area contributed by atoms with Crippen molar-refractivity contribution >= 4 is 51.4 Å². The van der Waals surface area contributed by atoms with Crippen LogP contribution in [-0.4, -0.2) is 20.4 Å². The number of pyridine rings is 1. The van der Waals surface area contributed by atoms with Crippen LogP contribution >= 0.6 is 23.2 Å². The molecule has 0 bridgehead atoms. The van der Waals surface area contributed by atoms with Gasteiger partial charge >= 0.3 is 0 Å². The lowest BCUT2D eigenvalue weighted by molar-refractivity contribution is 0.102. The van der Waals surface area contributed by atoms with E-state index in [4.69, 9.17) is 23.2 Å². The molecule has 184 valence electrons. The zero-order valence-corrected chi connectivity index (χ0v) is 21.2. The van der Waals surface area contributed by atoms with Crippen LogP contribution < -0.4 is 16.2 Å². The average molecular weight is 530 g/mol. The normalized spacial score (nSPS) is 11.8. The molecule has 2 aromatic heterocycles. The van der Waals surface area contributed by atoms with E-state index in [1.54, 1.807) is 41.0 Å². The summed E-state index contributed by atoms with van der Waals surface area (Å²) in [7, 11) is 0. The zero-order chi connectivity index (χ0) is 25.9. The number of para-hydroxylation sites is 1. The van der Waals surface area contributed by atoms with Gasteiger partial charge in [-0.25, -0.2) is 4.98 Å². The fraction of sp³-hybridized carbons (Fsp3) is 0.0714. The van der Waals surface area contributed by atoms with Gasteiger partial charge in [0.1, 0.15) is 5.69 Å². The Hall–Kier alpha value is -4.20. The van der Waals surface area contributed by atoms with Crippen molar-refractivity contribution in [1.82, 2.24) is 14.5 Å². The van der Waals surface area contributed by atoms with E-state index < -0.39 is 6.04 Å². The Morgan fingerprint density at radius 1 is 0.946 bits per heavy atom. The molecule has 0 unspecified atom stereocenters. The topological polar surface area (TPSA) is 88.9 Å². The Morgan fingerprint density at radius 2 is 1.65 bits per heavy atom. The van der Waals surface area contributed by atoms with Gasteiger partial charge in [0.2, 0.25) is 5.28 Å². The van der Waals surface area contributed by atoms with Crippen LogP contribution in [0.25, 0.3) is 16.5 Å². The molecule has 0 aliphatic heterocycles. The quantitative estimate of drug-likeness (QED) is 0.244. The first-order chi connectivity index (χ1) is 17.9. The van der Waals surface area contributed by atoms with E-state index in [1.807, 2.05) is 55.5 Å². The van der Waals surface area contributed by atoms with Gasteiger partial charge in [-0.1, -0.05) is 60.1 Å². The molecule has 0 aliphatic rings. The molecule has 0 radical (unpaired) electrons. The number of anilines is 2. The molecule has 0 aliphatic carbocycles. The molecule has 9 heteroatoms. The average Bonchev–Trinajstić information content (AvgIpc) is 2.91. The highest BCUT2D eigenvalue weighted by molar-refractivity contribution is 6.35. The maximum Gasteiger partial charge on any atom is 0.264 e. The number of nitrogens with one attached hydrogen (secondary N) is 2. The van der Waals surface area contributed by atoms with Crippen molar-refractivity contribution in [2.45, 2.75) is 13.0 Å². The molecule has 5 aromatic rings. The van der Waals surface area contributed by atoms with Crippen molar-refractivity contribution in [3.63, 3.8) is 0 Å². The van der Waals surface area contributed by atoms with Gasteiger partial charge in [0, 0.05) is 16.9 Å². The van der Waals surface area contributed by atoms with Gasteiger partial charge in [-0.05, 0) is 60.3 Å². The summed E-state index contributed by atoms with van der Waals surface area (Å²) in [6.07, 6.45) is 1.44. The van der Waals surface area contributed by atoms with Crippen LogP contribution in [0.2, 0.25) is 10.3 Å². The van der Waals surface area contributed by atoms with Crippen molar-refractivity contribution in [2.75, 3.05) is 10.6 Å². The lowest BCUT2D eigenvalue weighted by Crippen LogP contribution is -2.26. The number of rotatable bonds is 6. The molecule has 37 heavy (non-hydrogen) atoms. The zero-order valence-electron chi connectivity index (χ0n) is 19.7. The van der Waals surface area contributed by atoms with E-state index in [0.717, 1.165) is 0 Å². The van der Waals surface area contributed by atoms with Crippen molar-refractivity contribution < 1.29 is 4.79 Å². The van der Waals surface area contributed by atoms with Crippen LogP contribution in [0.15, 0.2) is 95.9 Å². The highest BCUT2D eigenvalue weighted by Gasteiger charge is 2.20. The van der Waals surface area contributed by atoms with Gasteiger partial charge in [-0.15, -0.1) is 0 Å². The van der Waals surface area contributed by atoms with Crippen molar-refractivity contribution in [3.8, 4) is 5.69 Å². The first kappa shape index (κ1) is 24.5. The third-order valence-electron chi connectivity index (χ3n) is 5.88. The van der Waals surface area contributed by atoms with Crippen LogP contribution in [0.5, 0.6) is 0 Å². The number of nitrogens with zero attached hydrogens (tertiary/aromatic N) is 3. The first-order valence-electron chi connectivity index (χ1n) is 11.5. The molecule has 0 saturated heterocycles. The molecule has 2 heterocycles. The maximum atomic E-state index is 13.7.